The van der Waals surface area contributed by atoms with Gasteiger partial charge < -0.3 is 18.9 Å². The van der Waals surface area contributed by atoms with Crippen LogP contribution < -0.4 is 18.9 Å². The van der Waals surface area contributed by atoms with Crippen LogP contribution in [0.1, 0.15) is 33.8 Å². The van der Waals surface area contributed by atoms with Crippen LogP contribution in [0.5, 0.6) is 23.0 Å². The largest absolute Gasteiger partial charge is 0.454 e. The first kappa shape index (κ1) is 12.8. The number of carbonyl (C=O) groups is 1. The molecule has 0 aromatic heterocycles. The molecular weight excluding hydrogens is 296 g/mol. The van der Waals surface area contributed by atoms with Gasteiger partial charge in [-0.3, -0.25) is 4.79 Å². The Hall–Kier alpha value is -2.69. The number of Topliss-reactive ketones (excluding diaryl/α,β-unsaturated/α-hetero) is 1. The van der Waals surface area contributed by atoms with Crippen molar-refractivity contribution in [3.8, 4) is 23.0 Å². The van der Waals surface area contributed by atoms with Crippen molar-refractivity contribution in [2.75, 3.05) is 13.6 Å². The zero-order chi connectivity index (χ0) is 15.4. The fourth-order valence-corrected chi connectivity index (χ4v) is 3.49. The molecule has 0 radical (unpaired) electrons. The fourth-order valence-electron chi connectivity index (χ4n) is 3.49. The summed E-state index contributed by atoms with van der Waals surface area (Å²) >= 11 is 0. The lowest BCUT2D eigenvalue weighted by molar-refractivity contribution is 0.0945. The highest BCUT2D eigenvalue weighted by Gasteiger charge is 2.32. The molecule has 2 aliphatic heterocycles. The van der Waals surface area contributed by atoms with Gasteiger partial charge in [0.25, 0.3) is 0 Å². The molecule has 0 unspecified atom stereocenters. The second-order valence-corrected chi connectivity index (χ2v) is 5.93. The quantitative estimate of drug-likeness (QED) is 0.810. The zero-order valence-corrected chi connectivity index (χ0v) is 12.3. The first-order valence-electron chi connectivity index (χ1n) is 7.66. The second-order valence-electron chi connectivity index (χ2n) is 5.93. The third-order valence-corrected chi connectivity index (χ3v) is 4.68. The monoisotopic (exact) mass is 310 g/mol. The Kier molecular flexibility index (Phi) is 2.59. The maximum absolute atomic E-state index is 12.9. The van der Waals surface area contributed by atoms with E-state index in [0.29, 0.717) is 11.5 Å². The Morgan fingerprint density at radius 1 is 0.826 bits per heavy atom. The van der Waals surface area contributed by atoms with E-state index >= 15 is 0 Å². The Balaban J connectivity index is 1.53. The molecule has 2 aromatic rings. The van der Waals surface area contributed by atoms with Crippen LogP contribution in [0.15, 0.2) is 30.3 Å². The minimum absolute atomic E-state index is 0.128. The van der Waals surface area contributed by atoms with E-state index in [2.05, 4.69) is 0 Å². The van der Waals surface area contributed by atoms with Crippen molar-refractivity contribution in [1.82, 2.24) is 0 Å². The van der Waals surface area contributed by atoms with Gasteiger partial charge in [0.2, 0.25) is 13.6 Å². The molecule has 0 fully saturated rings. The highest BCUT2D eigenvalue weighted by atomic mass is 16.7. The summed E-state index contributed by atoms with van der Waals surface area (Å²) in [5, 5.41) is 0. The molecule has 1 atom stereocenters. The third-order valence-electron chi connectivity index (χ3n) is 4.68. The lowest BCUT2D eigenvalue weighted by Gasteiger charge is -2.24. The number of aryl methyl sites for hydroxylation is 1. The van der Waals surface area contributed by atoms with Crippen molar-refractivity contribution in [3.63, 3.8) is 0 Å². The summed E-state index contributed by atoms with van der Waals surface area (Å²) in [6, 6.07) is 9.50. The van der Waals surface area contributed by atoms with Crippen LogP contribution in [0.4, 0.5) is 0 Å². The average Bonchev–Trinajstić information content (AvgIpc) is 3.21. The van der Waals surface area contributed by atoms with Crippen LogP contribution in [0.25, 0.3) is 0 Å². The molecule has 1 aliphatic carbocycles. The molecule has 0 amide bonds. The van der Waals surface area contributed by atoms with E-state index in [4.69, 9.17) is 18.9 Å². The molecule has 2 heterocycles. The minimum atomic E-state index is -0.155. The summed E-state index contributed by atoms with van der Waals surface area (Å²) in [5.74, 6) is 2.81. The maximum Gasteiger partial charge on any atom is 0.231 e. The number of hydrogen-bond donors (Lipinski definition) is 0. The topological polar surface area (TPSA) is 54.0 Å². The van der Waals surface area contributed by atoms with Gasteiger partial charge in [0.1, 0.15) is 0 Å². The summed E-state index contributed by atoms with van der Waals surface area (Å²) in [6.07, 6.45) is 1.63. The van der Waals surface area contributed by atoms with Crippen LogP contribution >= 0.6 is 0 Å². The van der Waals surface area contributed by atoms with Gasteiger partial charge in [-0.25, -0.2) is 0 Å². The molecule has 5 heteroatoms. The molecule has 5 nitrogen and oxygen atoms in total. The smallest absolute Gasteiger partial charge is 0.231 e. The summed E-state index contributed by atoms with van der Waals surface area (Å²) in [6.45, 7) is 0.460. The molecule has 2 aromatic carbocycles. The predicted octanol–water partition coefficient (Wildman–Crippen LogP) is 3.06. The van der Waals surface area contributed by atoms with E-state index in [1.807, 2.05) is 30.3 Å². The molecule has 0 bridgehead atoms. The number of hydrogen-bond acceptors (Lipinski definition) is 5. The van der Waals surface area contributed by atoms with Crippen LogP contribution in [0.3, 0.4) is 0 Å². The van der Waals surface area contributed by atoms with E-state index in [0.717, 1.165) is 41.0 Å². The molecule has 5 rings (SSSR count). The first-order chi connectivity index (χ1) is 11.3. The first-order valence-corrected chi connectivity index (χ1v) is 7.66. The van der Waals surface area contributed by atoms with Crippen molar-refractivity contribution in [3.05, 3.63) is 47.0 Å². The van der Waals surface area contributed by atoms with Crippen LogP contribution in [0.2, 0.25) is 0 Å². The Labute approximate surface area is 132 Å². The van der Waals surface area contributed by atoms with Gasteiger partial charge in [-0.1, -0.05) is 6.07 Å². The number of rotatable bonds is 1. The molecule has 116 valence electrons. The van der Waals surface area contributed by atoms with E-state index in [-0.39, 0.29) is 25.3 Å². The predicted molar refractivity (Wildman–Crippen MR) is 80.5 cm³/mol. The summed E-state index contributed by atoms with van der Waals surface area (Å²) in [4.78, 5) is 12.9. The van der Waals surface area contributed by atoms with Crippen molar-refractivity contribution >= 4 is 5.78 Å². The third kappa shape index (κ3) is 1.89. The van der Waals surface area contributed by atoms with E-state index in [1.165, 1.54) is 0 Å². The van der Waals surface area contributed by atoms with Gasteiger partial charge in [0, 0.05) is 11.5 Å². The van der Waals surface area contributed by atoms with Gasteiger partial charge in [0.15, 0.2) is 28.8 Å². The van der Waals surface area contributed by atoms with E-state index in [1.54, 1.807) is 0 Å². The van der Waals surface area contributed by atoms with Crippen molar-refractivity contribution in [1.29, 1.82) is 0 Å². The standard InChI is InChI=1S/C18H14O5/c19-18-12(10-2-4-14-15(5-10)21-8-20-14)3-1-11-6-16-17(7-13(11)18)23-9-22-16/h2,4-7,12H,1,3,8-9H2/t12-/m0/s1. The van der Waals surface area contributed by atoms with Gasteiger partial charge in [0.05, 0.1) is 0 Å². The highest BCUT2D eigenvalue weighted by molar-refractivity contribution is 6.03. The molecular formula is C18H14O5. The normalized spacial score (nSPS) is 20.5. The Morgan fingerprint density at radius 2 is 1.52 bits per heavy atom. The van der Waals surface area contributed by atoms with Crippen molar-refractivity contribution < 1.29 is 23.7 Å². The SMILES string of the molecule is O=C1c2cc3c(cc2CC[C@H]1c1ccc2c(c1)OCO2)OCO3. The van der Waals surface area contributed by atoms with Gasteiger partial charge >= 0.3 is 0 Å². The fraction of sp³-hybridized carbons (Fsp3) is 0.278. The highest BCUT2D eigenvalue weighted by Crippen LogP contribution is 2.42. The molecule has 23 heavy (non-hydrogen) atoms. The number of ketones is 1. The molecule has 0 spiro atoms. The van der Waals surface area contributed by atoms with Gasteiger partial charge in [-0.15, -0.1) is 0 Å². The molecule has 0 N–H and O–H groups in total. The van der Waals surface area contributed by atoms with Gasteiger partial charge in [-0.2, -0.15) is 0 Å². The van der Waals surface area contributed by atoms with Crippen LogP contribution in [0, 0.1) is 0 Å². The number of ether oxygens (including phenoxy) is 4. The second kappa shape index (κ2) is 4.65. The van der Waals surface area contributed by atoms with Crippen molar-refractivity contribution in [2.24, 2.45) is 0 Å². The van der Waals surface area contributed by atoms with Crippen molar-refractivity contribution in [2.45, 2.75) is 18.8 Å². The minimum Gasteiger partial charge on any atom is -0.454 e. The average molecular weight is 310 g/mol. The summed E-state index contributed by atoms with van der Waals surface area (Å²) in [7, 11) is 0. The van der Waals surface area contributed by atoms with E-state index < -0.39 is 0 Å². The molecule has 0 saturated carbocycles. The van der Waals surface area contributed by atoms with Crippen LogP contribution in [-0.2, 0) is 6.42 Å². The summed E-state index contributed by atoms with van der Waals surface area (Å²) in [5.41, 5.74) is 2.75. The number of carbonyl (C=O) groups excluding carboxylic acids is 1. The molecule has 0 saturated heterocycles. The van der Waals surface area contributed by atoms with Gasteiger partial charge in [-0.05, 0) is 48.2 Å². The molecule has 3 aliphatic rings. The zero-order valence-electron chi connectivity index (χ0n) is 12.3. The maximum atomic E-state index is 12.9. The number of fused-ring (bicyclic) bond motifs is 3. The van der Waals surface area contributed by atoms with Crippen LogP contribution in [-0.4, -0.2) is 19.4 Å². The lowest BCUT2D eigenvalue weighted by atomic mass is 9.79. The Morgan fingerprint density at radius 3 is 2.35 bits per heavy atom. The lowest BCUT2D eigenvalue weighted by Crippen LogP contribution is -2.20. The summed E-state index contributed by atoms with van der Waals surface area (Å²) < 4.78 is 21.6. The Bertz CT molecular complexity index is 826. The number of benzene rings is 2. The van der Waals surface area contributed by atoms with E-state index in [9.17, 15) is 4.79 Å².